The maximum absolute atomic E-state index is 5.68. The first-order valence-electron chi connectivity index (χ1n) is 4.17. The SMILES string of the molecule is CC.CCC1=CC(Cl)=NC=C=C1. The van der Waals surface area contributed by atoms with Gasteiger partial charge < -0.3 is 0 Å². The van der Waals surface area contributed by atoms with Crippen LogP contribution in [0.25, 0.3) is 0 Å². The third-order valence-corrected chi connectivity index (χ3v) is 1.45. The van der Waals surface area contributed by atoms with Crippen molar-refractivity contribution in [2.75, 3.05) is 0 Å². The number of hydrogen-bond acceptors (Lipinski definition) is 1. The summed E-state index contributed by atoms with van der Waals surface area (Å²) in [7, 11) is 0. The number of allylic oxidation sites excluding steroid dienone is 3. The summed E-state index contributed by atoms with van der Waals surface area (Å²) in [5, 5.41) is 0.526. The van der Waals surface area contributed by atoms with Crippen molar-refractivity contribution in [3.63, 3.8) is 0 Å². The van der Waals surface area contributed by atoms with Crippen LogP contribution < -0.4 is 0 Å². The molecule has 0 amide bonds. The number of halogens is 1. The van der Waals surface area contributed by atoms with Gasteiger partial charge in [0.1, 0.15) is 5.17 Å². The third kappa shape index (κ3) is 4.17. The highest BCUT2D eigenvalue weighted by Crippen LogP contribution is 2.06. The van der Waals surface area contributed by atoms with Gasteiger partial charge in [0.25, 0.3) is 0 Å². The van der Waals surface area contributed by atoms with Crippen molar-refractivity contribution in [1.29, 1.82) is 0 Å². The summed E-state index contributed by atoms with van der Waals surface area (Å²) in [5.41, 5.74) is 4.04. The third-order valence-electron chi connectivity index (χ3n) is 1.24. The molecule has 2 heteroatoms. The molecule has 1 rings (SSSR count). The molecule has 0 unspecified atom stereocenters. The Kier molecular flexibility index (Phi) is 6.45. The molecular formula is C10H14ClN. The van der Waals surface area contributed by atoms with Gasteiger partial charge in [-0.2, -0.15) is 0 Å². The van der Waals surface area contributed by atoms with E-state index in [4.69, 9.17) is 11.6 Å². The van der Waals surface area contributed by atoms with Gasteiger partial charge in [0, 0.05) is 0 Å². The Morgan fingerprint density at radius 3 is 2.75 bits per heavy atom. The standard InChI is InChI=1S/C8H8ClN.C2H6/c1-2-7-4-3-5-10-8(9)6-7;1-2/h4-6H,2H2,1H3;1-2H3. The molecule has 0 saturated heterocycles. The van der Waals surface area contributed by atoms with Crippen molar-refractivity contribution >= 4 is 16.8 Å². The summed E-state index contributed by atoms with van der Waals surface area (Å²) in [4.78, 5) is 3.86. The molecule has 0 aromatic heterocycles. The molecule has 66 valence electrons. The molecular weight excluding hydrogens is 170 g/mol. The molecule has 12 heavy (non-hydrogen) atoms. The molecule has 1 aliphatic rings. The summed E-state index contributed by atoms with van der Waals surface area (Å²) in [5.74, 6) is 0. The predicted molar refractivity (Wildman–Crippen MR) is 55.7 cm³/mol. The lowest BCUT2D eigenvalue weighted by atomic mass is 10.2. The molecule has 0 aromatic carbocycles. The molecule has 0 radical (unpaired) electrons. The van der Waals surface area contributed by atoms with Gasteiger partial charge in [-0.25, -0.2) is 4.99 Å². The number of rotatable bonds is 1. The van der Waals surface area contributed by atoms with E-state index >= 15 is 0 Å². The summed E-state index contributed by atoms with van der Waals surface area (Å²) in [6.07, 6.45) is 6.27. The fourth-order valence-corrected chi connectivity index (χ4v) is 0.868. The van der Waals surface area contributed by atoms with Crippen LogP contribution in [0, 0.1) is 0 Å². The van der Waals surface area contributed by atoms with Crippen LogP contribution in [0.1, 0.15) is 27.2 Å². The lowest BCUT2D eigenvalue weighted by Gasteiger charge is -1.90. The topological polar surface area (TPSA) is 12.4 Å². The van der Waals surface area contributed by atoms with Crippen LogP contribution in [0.15, 0.2) is 34.6 Å². The van der Waals surface area contributed by atoms with Gasteiger partial charge >= 0.3 is 0 Å². The van der Waals surface area contributed by atoms with Gasteiger partial charge in [0.2, 0.25) is 0 Å². The van der Waals surface area contributed by atoms with Crippen molar-refractivity contribution in [2.45, 2.75) is 27.2 Å². The predicted octanol–water partition coefficient (Wildman–Crippen LogP) is 3.67. The monoisotopic (exact) mass is 183 g/mol. The van der Waals surface area contributed by atoms with Crippen LogP contribution >= 0.6 is 11.6 Å². The Bertz CT molecular complexity index is 243. The van der Waals surface area contributed by atoms with E-state index < -0.39 is 0 Å². The van der Waals surface area contributed by atoms with Gasteiger partial charge in [0.15, 0.2) is 0 Å². The first-order valence-corrected chi connectivity index (χ1v) is 4.55. The van der Waals surface area contributed by atoms with Gasteiger partial charge in [-0.05, 0) is 24.1 Å². The summed E-state index contributed by atoms with van der Waals surface area (Å²) >= 11 is 5.68. The first-order chi connectivity index (χ1) is 5.83. The van der Waals surface area contributed by atoms with Crippen LogP contribution in [0.3, 0.4) is 0 Å². The fraction of sp³-hybridized carbons (Fsp3) is 0.400. The van der Waals surface area contributed by atoms with Crippen LogP contribution in [-0.4, -0.2) is 5.17 Å². The molecule has 0 spiro atoms. The maximum Gasteiger partial charge on any atom is 0.130 e. The average Bonchev–Trinajstić information content (AvgIpc) is 2.33. The Hall–Kier alpha value is -0.780. The minimum Gasteiger partial charge on any atom is -0.236 e. The zero-order valence-electron chi connectivity index (χ0n) is 7.76. The largest absolute Gasteiger partial charge is 0.236 e. The number of aliphatic imine (C=N–C) groups is 1. The molecule has 0 aromatic rings. The molecule has 0 aliphatic carbocycles. The van der Waals surface area contributed by atoms with Crippen molar-refractivity contribution in [2.24, 2.45) is 4.99 Å². The Labute approximate surface area is 79.2 Å². The van der Waals surface area contributed by atoms with Gasteiger partial charge in [-0.3, -0.25) is 0 Å². The molecule has 0 atom stereocenters. The van der Waals surface area contributed by atoms with E-state index in [9.17, 15) is 0 Å². The summed E-state index contributed by atoms with van der Waals surface area (Å²) in [6.45, 7) is 6.07. The van der Waals surface area contributed by atoms with Crippen LogP contribution in [-0.2, 0) is 0 Å². The van der Waals surface area contributed by atoms with E-state index in [1.165, 1.54) is 0 Å². The molecule has 0 saturated carbocycles. The molecule has 0 fully saturated rings. The Morgan fingerprint density at radius 2 is 2.17 bits per heavy atom. The smallest absolute Gasteiger partial charge is 0.130 e. The Morgan fingerprint density at radius 1 is 1.50 bits per heavy atom. The molecule has 0 N–H and O–H groups in total. The highest BCUT2D eigenvalue weighted by Gasteiger charge is 1.92. The molecule has 1 heterocycles. The summed E-state index contributed by atoms with van der Waals surface area (Å²) < 4.78 is 0. The van der Waals surface area contributed by atoms with Gasteiger partial charge in [0.05, 0.1) is 6.20 Å². The molecule has 1 aliphatic heterocycles. The highest BCUT2D eigenvalue weighted by molar-refractivity contribution is 6.68. The van der Waals surface area contributed by atoms with Crippen LogP contribution in [0.5, 0.6) is 0 Å². The van der Waals surface area contributed by atoms with Gasteiger partial charge in [-0.1, -0.05) is 32.4 Å². The van der Waals surface area contributed by atoms with E-state index in [0.717, 1.165) is 12.0 Å². The minimum absolute atomic E-state index is 0.526. The van der Waals surface area contributed by atoms with E-state index in [1.807, 2.05) is 26.0 Å². The second kappa shape index (κ2) is 6.90. The molecule has 0 bridgehead atoms. The van der Waals surface area contributed by atoms with E-state index in [1.54, 1.807) is 6.20 Å². The number of nitrogens with zero attached hydrogens (tertiary/aromatic N) is 1. The van der Waals surface area contributed by atoms with Crippen molar-refractivity contribution < 1.29 is 0 Å². The number of hydrogen-bond donors (Lipinski definition) is 0. The fourth-order valence-electron chi connectivity index (χ4n) is 0.679. The van der Waals surface area contributed by atoms with Crippen molar-refractivity contribution in [1.82, 2.24) is 0 Å². The van der Waals surface area contributed by atoms with E-state index in [0.29, 0.717) is 5.17 Å². The lowest BCUT2D eigenvalue weighted by molar-refractivity contribution is 1.16. The zero-order chi connectivity index (χ0) is 9.40. The normalized spacial score (nSPS) is 14.0. The van der Waals surface area contributed by atoms with Crippen molar-refractivity contribution in [3.05, 3.63) is 29.7 Å². The Balaban J connectivity index is 0.000000561. The first kappa shape index (κ1) is 11.2. The van der Waals surface area contributed by atoms with Crippen LogP contribution in [0.2, 0.25) is 0 Å². The minimum atomic E-state index is 0.526. The summed E-state index contributed by atoms with van der Waals surface area (Å²) in [6, 6.07) is 0. The quantitative estimate of drug-likeness (QED) is 0.550. The second-order valence-electron chi connectivity index (χ2n) is 1.96. The maximum atomic E-state index is 5.68. The van der Waals surface area contributed by atoms with Crippen molar-refractivity contribution in [3.8, 4) is 0 Å². The highest BCUT2D eigenvalue weighted by atomic mass is 35.5. The van der Waals surface area contributed by atoms with E-state index in [2.05, 4.69) is 17.6 Å². The van der Waals surface area contributed by atoms with Gasteiger partial charge in [-0.15, -0.1) is 5.73 Å². The zero-order valence-corrected chi connectivity index (χ0v) is 8.52. The second-order valence-corrected chi connectivity index (χ2v) is 2.35. The average molecular weight is 184 g/mol. The van der Waals surface area contributed by atoms with E-state index in [-0.39, 0.29) is 0 Å². The lowest BCUT2D eigenvalue weighted by Crippen LogP contribution is -1.80. The molecule has 1 nitrogen and oxygen atoms in total. The van der Waals surface area contributed by atoms with Crippen LogP contribution in [0.4, 0.5) is 0 Å².